The maximum absolute atomic E-state index is 11.8. The lowest BCUT2D eigenvalue weighted by Crippen LogP contribution is -2.34. The summed E-state index contributed by atoms with van der Waals surface area (Å²) in [6.07, 6.45) is 3.38. The minimum atomic E-state index is -0.797. The molecule has 0 bridgehead atoms. The number of carbonyl (C=O) groups is 2. The molecule has 0 radical (unpaired) electrons. The van der Waals surface area contributed by atoms with E-state index in [4.69, 9.17) is 5.11 Å². The smallest absolute Gasteiger partial charge is 0.311 e. The van der Waals surface area contributed by atoms with Crippen LogP contribution in [-0.2, 0) is 16.0 Å². The number of aryl methyl sites for hydroxylation is 1. The number of amides is 1. The maximum Gasteiger partial charge on any atom is 0.311 e. The zero-order valence-corrected chi connectivity index (χ0v) is 13.0. The van der Waals surface area contributed by atoms with Crippen LogP contribution in [0.4, 0.5) is 0 Å². The van der Waals surface area contributed by atoms with E-state index < -0.39 is 11.4 Å². The van der Waals surface area contributed by atoms with Crippen molar-refractivity contribution in [3.63, 3.8) is 0 Å². The molecule has 1 aliphatic carbocycles. The summed E-state index contributed by atoms with van der Waals surface area (Å²) in [6.45, 7) is 0.261. The predicted molar refractivity (Wildman–Crippen MR) is 89.2 cm³/mol. The number of carboxylic acids is 1. The van der Waals surface area contributed by atoms with E-state index in [1.807, 2.05) is 12.1 Å². The molecule has 0 aliphatic heterocycles. The third-order valence-corrected chi connectivity index (χ3v) is 4.61. The van der Waals surface area contributed by atoms with E-state index in [0.29, 0.717) is 19.3 Å². The van der Waals surface area contributed by atoms with Crippen LogP contribution >= 0.6 is 0 Å². The molecule has 0 saturated heterocycles. The molecule has 23 heavy (non-hydrogen) atoms. The van der Waals surface area contributed by atoms with Crippen LogP contribution in [0.15, 0.2) is 42.5 Å². The van der Waals surface area contributed by atoms with Gasteiger partial charge in [0, 0.05) is 13.0 Å². The third kappa shape index (κ3) is 3.70. The van der Waals surface area contributed by atoms with Gasteiger partial charge in [0.05, 0.1) is 5.41 Å². The van der Waals surface area contributed by atoms with E-state index in [9.17, 15) is 9.59 Å². The summed E-state index contributed by atoms with van der Waals surface area (Å²) in [5, 5.41) is 14.3. The van der Waals surface area contributed by atoms with E-state index in [0.717, 1.165) is 12.8 Å². The van der Waals surface area contributed by atoms with Crippen molar-refractivity contribution in [3.8, 4) is 0 Å². The van der Waals surface area contributed by atoms with Crippen molar-refractivity contribution in [2.75, 3.05) is 6.54 Å². The second-order valence-electron chi connectivity index (χ2n) is 6.40. The van der Waals surface area contributed by atoms with Crippen molar-refractivity contribution in [1.29, 1.82) is 0 Å². The summed E-state index contributed by atoms with van der Waals surface area (Å²) in [4.78, 5) is 22.9. The number of hydrogen-bond acceptors (Lipinski definition) is 2. The Labute approximate surface area is 135 Å². The number of hydrogen-bond donors (Lipinski definition) is 2. The number of fused-ring (bicyclic) bond motifs is 1. The molecule has 0 unspecified atom stereocenters. The topological polar surface area (TPSA) is 66.4 Å². The Morgan fingerprint density at radius 1 is 1.09 bits per heavy atom. The quantitative estimate of drug-likeness (QED) is 0.825. The average Bonchev–Trinajstić information content (AvgIpc) is 3.34. The molecule has 1 amide bonds. The zero-order chi connectivity index (χ0) is 16.3. The summed E-state index contributed by atoms with van der Waals surface area (Å²) in [6, 6.07) is 14.6. The molecule has 2 aromatic carbocycles. The van der Waals surface area contributed by atoms with Crippen LogP contribution in [-0.4, -0.2) is 23.5 Å². The van der Waals surface area contributed by atoms with Gasteiger partial charge < -0.3 is 10.4 Å². The van der Waals surface area contributed by atoms with Crippen molar-refractivity contribution in [2.24, 2.45) is 5.41 Å². The fourth-order valence-electron chi connectivity index (χ4n) is 2.82. The van der Waals surface area contributed by atoms with Crippen LogP contribution in [0.1, 0.15) is 31.2 Å². The Morgan fingerprint density at radius 2 is 1.83 bits per heavy atom. The highest BCUT2D eigenvalue weighted by atomic mass is 16.4. The molecule has 0 atom stereocenters. The van der Waals surface area contributed by atoms with Crippen molar-refractivity contribution in [3.05, 3.63) is 48.0 Å². The molecular formula is C19H21NO3. The first kappa shape index (κ1) is 15.5. The Bertz CT molecular complexity index is 734. The van der Waals surface area contributed by atoms with Gasteiger partial charge >= 0.3 is 5.97 Å². The lowest BCUT2D eigenvalue weighted by atomic mass is 10.0. The predicted octanol–water partition coefficient (Wildman–Crippen LogP) is 3.14. The fraction of sp³-hybridized carbons (Fsp3) is 0.368. The summed E-state index contributed by atoms with van der Waals surface area (Å²) in [7, 11) is 0. The normalized spacial score (nSPS) is 15.3. The molecule has 1 aliphatic rings. The third-order valence-electron chi connectivity index (χ3n) is 4.61. The highest BCUT2D eigenvalue weighted by Gasteiger charge is 2.50. The van der Waals surface area contributed by atoms with Crippen LogP contribution in [0, 0.1) is 5.41 Å². The first-order valence-electron chi connectivity index (χ1n) is 8.07. The molecule has 4 nitrogen and oxygen atoms in total. The zero-order valence-electron chi connectivity index (χ0n) is 13.0. The number of carboxylic acid groups (broad SMARTS) is 1. The lowest BCUT2D eigenvalue weighted by molar-refractivity contribution is -0.143. The molecule has 0 aromatic heterocycles. The highest BCUT2D eigenvalue weighted by molar-refractivity contribution is 5.83. The molecule has 2 N–H and O–H groups in total. The van der Waals surface area contributed by atoms with Crippen LogP contribution in [0.2, 0.25) is 0 Å². The average molecular weight is 311 g/mol. The molecule has 4 heteroatoms. The number of carbonyl (C=O) groups excluding carboxylic acids is 1. The first-order valence-corrected chi connectivity index (χ1v) is 8.07. The van der Waals surface area contributed by atoms with E-state index in [-0.39, 0.29) is 12.5 Å². The lowest BCUT2D eigenvalue weighted by Gasteiger charge is -2.11. The van der Waals surface area contributed by atoms with Crippen LogP contribution in [0.3, 0.4) is 0 Å². The van der Waals surface area contributed by atoms with Crippen molar-refractivity contribution >= 4 is 22.6 Å². The van der Waals surface area contributed by atoms with Crippen LogP contribution < -0.4 is 5.32 Å². The standard InChI is InChI=1S/C19H21NO3/c21-17(20-13-19(10-11-19)18(22)23)7-3-4-14-8-9-15-5-1-2-6-16(15)12-14/h1-2,5-6,8-9,12H,3-4,7,10-11,13H2,(H,20,21)(H,22,23). The summed E-state index contributed by atoms with van der Waals surface area (Å²) >= 11 is 0. The molecular weight excluding hydrogens is 290 g/mol. The SMILES string of the molecule is O=C(CCCc1ccc2ccccc2c1)NCC1(C(=O)O)CC1. The molecule has 120 valence electrons. The van der Waals surface area contributed by atoms with E-state index in [1.165, 1.54) is 16.3 Å². The van der Waals surface area contributed by atoms with Crippen LogP contribution in [0.5, 0.6) is 0 Å². The van der Waals surface area contributed by atoms with E-state index in [2.05, 4.69) is 35.6 Å². The van der Waals surface area contributed by atoms with Gasteiger partial charge in [-0.15, -0.1) is 0 Å². The minimum absolute atomic E-state index is 0.0571. The van der Waals surface area contributed by atoms with E-state index >= 15 is 0 Å². The Hall–Kier alpha value is -2.36. The Morgan fingerprint density at radius 3 is 2.52 bits per heavy atom. The minimum Gasteiger partial charge on any atom is -0.481 e. The molecule has 1 fully saturated rings. The van der Waals surface area contributed by atoms with Gasteiger partial charge in [-0.25, -0.2) is 0 Å². The second-order valence-corrected chi connectivity index (χ2v) is 6.40. The summed E-state index contributed by atoms with van der Waals surface area (Å²) in [5.74, 6) is -0.854. The number of nitrogens with one attached hydrogen (secondary N) is 1. The highest BCUT2D eigenvalue weighted by Crippen LogP contribution is 2.45. The largest absolute Gasteiger partial charge is 0.481 e. The van der Waals surface area contributed by atoms with Crippen molar-refractivity contribution in [2.45, 2.75) is 32.1 Å². The van der Waals surface area contributed by atoms with Gasteiger partial charge in [-0.2, -0.15) is 0 Å². The maximum atomic E-state index is 11.8. The Balaban J connectivity index is 1.45. The second kappa shape index (κ2) is 6.41. The van der Waals surface area contributed by atoms with Crippen molar-refractivity contribution < 1.29 is 14.7 Å². The first-order chi connectivity index (χ1) is 11.1. The molecule has 1 saturated carbocycles. The van der Waals surface area contributed by atoms with Gasteiger partial charge in [-0.3, -0.25) is 9.59 Å². The van der Waals surface area contributed by atoms with Gasteiger partial charge in [0.1, 0.15) is 0 Å². The molecule has 0 heterocycles. The molecule has 3 rings (SSSR count). The van der Waals surface area contributed by atoms with Gasteiger partial charge in [0.2, 0.25) is 5.91 Å². The molecule has 2 aromatic rings. The number of rotatable bonds is 7. The summed E-state index contributed by atoms with van der Waals surface area (Å²) in [5.41, 5.74) is 0.536. The van der Waals surface area contributed by atoms with Gasteiger partial charge in [0.25, 0.3) is 0 Å². The number of aliphatic carboxylic acids is 1. The summed E-state index contributed by atoms with van der Waals surface area (Å²) < 4.78 is 0. The van der Waals surface area contributed by atoms with E-state index in [1.54, 1.807) is 0 Å². The van der Waals surface area contributed by atoms with Gasteiger partial charge in [-0.1, -0.05) is 42.5 Å². The monoisotopic (exact) mass is 311 g/mol. The Kier molecular flexibility index (Phi) is 4.33. The van der Waals surface area contributed by atoms with Crippen molar-refractivity contribution in [1.82, 2.24) is 5.32 Å². The molecule has 0 spiro atoms. The van der Waals surface area contributed by atoms with Crippen LogP contribution in [0.25, 0.3) is 10.8 Å². The van der Waals surface area contributed by atoms with Gasteiger partial charge in [-0.05, 0) is 42.0 Å². The fourth-order valence-corrected chi connectivity index (χ4v) is 2.82. The number of benzene rings is 2. The van der Waals surface area contributed by atoms with Gasteiger partial charge in [0.15, 0.2) is 0 Å².